The predicted octanol–water partition coefficient (Wildman–Crippen LogP) is 3.68. The van der Waals surface area contributed by atoms with Crippen molar-refractivity contribution in [3.8, 4) is 11.1 Å². The normalized spacial score (nSPS) is 14.5. The quantitative estimate of drug-likeness (QED) is 0.837. The molecule has 2 N–H and O–H groups in total. The Labute approximate surface area is 145 Å². The zero-order valence-corrected chi connectivity index (χ0v) is 15.1. The van der Waals surface area contributed by atoms with E-state index in [1.165, 1.54) is 33.5 Å². The van der Waals surface area contributed by atoms with Crippen LogP contribution in [0.15, 0.2) is 42.5 Å². The Balaban J connectivity index is 2.11. The van der Waals surface area contributed by atoms with Crippen molar-refractivity contribution >= 4 is 18.0 Å². The van der Waals surface area contributed by atoms with Crippen molar-refractivity contribution in [1.29, 1.82) is 0 Å². The number of nitrogens with two attached hydrogens (primary N) is 1. The molecule has 2 aromatic rings. The molecule has 2 nitrogen and oxygen atoms in total. The summed E-state index contributed by atoms with van der Waals surface area (Å²) in [7, 11) is 0. The Morgan fingerprint density at radius 3 is 2.21 bits per heavy atom. The van der Waals surface area contributed by atoms with E-state index in [1.54, 1.807) is 6.21 Å². The summed E-state index contributed by atoms with van der Waals surface area (Å²) >= 11 is 0. The topological polar surface area (TPSA) is 28.8 Å². The van der Waals surface area contributed by atoms with Crippen LogP contribution < -0.4 is 10.3 Å². The molecule has 0 aliphatic heterocycles. The number of anilines is 1. The highest BCUT2D eigenvalue weighted by atomic mass is 15.1. The summed E-state index contributed by atoms with van der Waals surface area (Å²) in [5.74, 6) is 0. The molecule has 0 saturated heterocycles. The highest BCUT2D eigenvalue weighted by Gasteiger charge is 2.35. The Morgan fingerprint density at radius 2 is 1.58 bits per heavy atom. The van der Waals surface area contributed by atoms with Crippen LogP contribution >= 0.6 is 0 Å². The van der Waals surface area contributed by atoms with Crippen molar-refractivity contribution in [2.24, 2.45) is 0 Å². The van der Waals surface area contributed by atoms with Gasteiger partial charge in [0, 0.05) is 30.3 Å². The first-order chi connectivity index (χ1) is 11.5. The molecule has 0 aromatic heterocycles. The highest BCUT2D eigenvalue weighted by molar-refractivity contribution is 5.84. The van der Waals surface area contributed by atoms with Crippen molar-refractivity contribution in [3.63, 3.8) is 0 Å². The fourth-order valence-corrected chi connectivity index (χ4v) is 3.80. The van der Waals surface area contributed by atoms with Gasteiger partial charge in [0.25, 0.3) is 0 Å². The van der Waals surface area contributed by atoms with Crippen molar-refractivity contribution in [3.05, 3.63) is 59.2 Å². The van der Waals surface area contributed by atoms with Gasteiger partial charge in [-0.25, -0.2) is 0 Å². The minimum Gasteiger partial charge on any atom is -0.372 e. The summed E-state index contributed by atoms with van der Waals surface area (Å²) in [6.07, 6.45) is 5.51. The smallest absolute Gasteiger partial charge is 0.160 e. The average Bonchev–Trinajstić information content (AvgIpc) is 2.82. The van der Waals surface area contributed by atoms with Crippen molar-refractivity contribution in [2.75, 3.05) is 18.0 Å². The molecule has 0 heterocycles. The van der Waals surface area contributed by atoms with Crippen molar-refractivity contribution in [2.45, 2.75) is 33.1 Å². The van der Waals surface area contributed by atoms with Crippen LogP contribution in [0.5, 0.6) is 0 Å². The molecule has 0 radical (unpaired) electrons. The fourth-order valence-electron chi connectivity index (χ4n) is 3.80. The average molecular weight is 319 g/mol. The number of hydrogen-bond acceptors (Lipinski definition) is 1. The van der Waals surface area contributed by atoms with Crippen LogP contribution in [0.4, 0.5) is 5.69 Å². The first-order valence-corrected chi connectivity index (χ1v) is 8.79. The van der Waals surface area contributed by atoms with E-state index in [-0.39, 0.29) is 5.41 Å². The predicted molar refractivity (Wildman–Crippen MR) is 105 cm³/mol. The van der Waals surface area contributed by atoms with Crippen LogP contribution in [0.2, 0.25) is 0 Å². The van der Waals surface area contributed by atoms with Crippen LogP contribution in [0, 0.1) is 0 Å². The molecular formula is C22H27N2+. The van der Waals surface area contributed by atoms with Crippen molar-refractivity contribution < 1.29 is 5.41 Å². The molecule has 3 rings (SSSR count). The van der Waals surface area contributed by atoms with Gasteiger partial charge in [0.2, 0.25) is 0 Å². The van der Waals surface area contributed by atoms with E-state index in [9.17, 15) is 0 Å². The lowest BCUT2D eigenvalue weighted by Crippen LogP contribution is -2.28. The molecule has 0 bridgehead atoms. The monoisotopic (exact) mass is 319 g/mol. The molecule has 1 aliphatic rings. The van der Waals surface area contributed by atoms with Gasteiger partial charge in [-0.2, -0.15) is 0 Å². The Bertz CT molecular complexity index is 796. The fraction of sp³-hybridized carbons (Fsp3) is 0.318. The summed E-state index contributed by atoms with van der Waals surface area (Å²) in [4.78, 5) is 2.41. The number of hydrogen-bond donors (Lipinski definition) is 1. The molecular weight excluding hydrogens is 292 g/mol. The van der Waals surface area contributed by atoms with E-state index in [2.05, 4.69) is 75.1 Å². The van der Waals surface area contributed by atoms with Gasteiger partial charge in [0.05, 0.1) is 0 Å². The Kier molecular flexibility index (Phi) is 4.31. The number of nitrogens with zero attached hydrogens (tertiary/aromatic N) is 1. The van der Waals surface area contributed by atoms with E-state index in [4.69, 9.17) is 5.41 Å². The third-order valence-corrected chi connectivity index (χ3v) is 5.21. The molecule has 2 aromatic carbocycles. The summed E-state index contributed by atoms with van der Waals surface area (Å²) in [6, 6.07) is 13.6. The van der Waals surface area contributed by atoms with Gasteiger partial charge in [-0.15, -0.1) is 0 Å². The van der Waals surface area contributed by atoms with E-state index >= 15 is 0 Å². The number of fused-ring (bicyclic) bond motifs is 3. The summed E-state index contributed by atoms with van der Waals surface area (Å²) in [5.41, 5.74) is 8.07. The lowest BCUT2D eigenvalue weighted by molar-refractivity contribution is -0.104. The maximum Gasteiger partial charge on any atom is 0.160 e. The Hall–Kier alpha value is -2.35. The summed E-state index contributed by atoms with van der Waals surface area (Å²) < 4.78 is 0. The minimum atomic E-state index is 0.0180. The molecule has 1 aliphatic carbocycles. The third-order valence-electron chi connectivity index (χ3n) is 5.21. The van der Waals surface area contributed by atoms with E-state index in [0.717, 1.165) is 13.1 Å². The van der Waals surface area contributed by atoms with Crippen molar-refractivity contribution in [1.82, 2.24) is 0 Å². The van der Waals surface area contributed by atoms with Crippen LogP contribution in [-0.2, 0) is 5.41 Å². The Morgan fingerprint density at radius 1 is 0.958 bits per heavy atom. The molecule has 2 heteroatoms. The summed E-state index contributed by atoms with van der Waals surface area (Å²) in [5, 5.41) is 5.47. The van der Waals surface area contributed by atoms with Gasteiger partial charge in [0.15, 0.2) is 6.21 Å². The number of benzene rings is 2. The standard InChI is InChI=1S/C22H26N2/c1-5-24(6-2)17-10-12-19-18-11-9-16(8-7-13-23)14-20(18)22(3,4)21(19)15-17/h7-15,23H,5-6H2,1-4H3/p+1/b8-7+,23-13?. The van der Waals surface area contributed by atoms with Crippen LogP contribution in [0.25, 0.3) is 17.2 Å². The first-order valence-electron chi connectivity index (χ1n) is 8.79. The lowest BCUT2D eigenvalue weighted by Gasteiger charge is -2.25. The van der Waals surface area contributed by atoms with Crippen LogP contribution in [0.3, 0.4) is 0 Å². The van der Waals surface area contributed by atoms with Gasteiger partial charge in [-0.05, 0) is 59.9 Å². The second-order valence-electron chi connectivity index (χ2n) is 6.88. The second kappa shape index (κ2) is 6.27. The van der Waals surface area contributed by atoms with Gasteiger partial charge in [-0.1, -0.05) is 38.1 Å². The van der Waals surface area contributed by atoms with Gasteiger partial charge in [0.1, 0.15) is 0 Å². The van der Waals surface area contributed by atoms with Crippen LogP contribution in [0.1, 0.15) is 44.4 Å². The van der Waals surface area contributed by atoms with E-state index in [1.807, 2.05) is 6.08 Å². The highest BCUT2D eigenvalue weighted by Crippen LogP contribution is 2.49. The summed E-state index contributed by atoms with van der Waals surface area (Å²) in [6.45, 7) is 11.1. The molecule has 0 fully saturated rings. The van der Waals surface area contributed by atoms with Crippen LogP contribution in [-0.4, -0.2) is 19.3 Å². The zero-order chi connectivity index (χ0) is 17.3. The van der Waals surface area contributed by atoms with E-state index in [0.29, 0.717) is 0 Å². The molecule has 0 saturated carbocycles. The molecule has 0 spiro atoms. The van der Waals surface area contributed by atoms with Gasteiger partial charge in [-0.3, -0.25) is 5.41 Å². The SMILES string of the molecule is CCN(CC)c1ccc2c(c1)C(C)(C)c1cc(/C=C/C=[NH2+])ccc1-2. The lowest BCUT2D eigenvalue weighted by atomic mass is 9.82. The minimum absolute atomic E-state index is 0.0180. The molecule has 0 unspecified atom stereocenters. The maximum atomic E-state index is 5.47. The molecule has 0 atom stereocenters. The van der Waals surface area contributed by atoms with Gasteiger partial charge >= 0.3 is 0 Å². The largest absolute Gasteiger partial charge is 0.372 e. The number of rotatable bonds is 5. The van der Waals surface area contributed by atoms with Gasteiger partial charge < -0.3 is 4.90 Å². The second-order valence-corrected chi connectivity index (χ2v) is 6.88. The molecule has 24 heavy (non-hydrogen) atoms. The molecule has 124 valence electrons. The maximum absolute atomic E-state index is 5.47. The first kappa shape index (κ1) is 16.5. The van der Waals surface area contributed by atoms with E-state index < -0.39 is 0 Å². The third kappa shape index (κ3) is 2.56. The number of allylic oxidation sites excluding steroid dienone is 1. The molecule has 0 amide bonds. The zero-order valence-electron chi connectivity index (χ0n) is 15.1.